The van der Waals surface area contributed by atoms with E-state index in [0.717, 1.165) is 19.4 Å². The second-order valence-corrected chi connectivity index (χ2v) is 5.67. The third-order valence-corrected chi connectivity index (χ3v) is 4.05. The number of carbonyl (C=O) groups is 1. The Morgan fingerprint density at radius 3 is 2.87 bits per heavy atom. The fourth-order valence-electron chi connectivity index (χ4n) is 2.75. The third kappa shape index (κ3) is 3.58. The van der Waals surface area contributed by atoms with Gasteiger partial charge in [0.1, 0.15) is 6.04 Å². The van der Waals surface area contributed by atoms with Crippen LogP contribution in [0.4, 0.5) is 0 Å². The summed E-state index contributed by atoms with van der Waals surface area (Å²) in [7, 11) is 0. The van der Waals surface area contributed by atoms with Gasteiger partial charge in [-0.05, 0) is 32.6 Å². The number of carbonyl (C=O) groups excluding carboxylic acids is 1. The van der Waals surface area contributed by atoms with Crippen molar-refractivity contribution in [2.45, 2.75) is 39.3 Å². The van der Waals surface area contributed by atoms with E-state index in [4.69, 9.17) is 9.26 Å². The Kier molecular flexibility index (Phi) is 4.71. The van der Waals surface area contributed by atoms with E-state index in [1.54, 1.807) is 24.0 Å². The maximum absolute atomic E-state index is 12.5. The van der Waals surface area contributed by atoms with Gasteiger partial charge in [0.25, 0.3) is 5.91 Å². The van der Waals surface area contributed by atoms with Crippen LogP contribution < -0.4 is 5.32 Å². The largest absolute Gasteiger partial charge is 0.381 e. The van der Waals surface area contributed by atoms with Crippen molar-refractivity contribution in [1.29, 1.82) is 0 Å². The summed E-state index contributed by atoms with van der Waals surface area (Å²) in [6.07, 6.45) is 5.00. The average Bonchev–Trinajstić information content (AvgIpc) is 3.22. The van der Waals surface area contributed by atoms with Crippen LogP contribution >= 0.6 is 0 Å². The molecule has 1 N–H and O–H groups in total. The first-order chi connectivity index (χ1) is 11.2. The predicted molar refractivity (Wildman–Crippen MR) is 80.7 cm³/mol. The van der Waals surface area contributed by atoms with Crippen LogP contribution in [-0.2, 0) is 11.3 Å². The lowest BCUT2D eigenvalue weighted by molar-refractivity contribution is 0.0468. The molecule has 2 aromatic heterocycles. The van der Waals surface area contributed by atoms with Gasteiger partial charge in [-0.15, -0.1) is 0 Å². The summed E-state index contributed by atoms with van der Waals surface area (Å²) >= 11 is 0. The fraction of sp³-hybridized carbons (Fsp3) is 0.600. The van der Waals surface area contributed by atoms with E-state index >= 15 is 0 Å². The van der Waals surface area contributed by atoms with Crippen LogP contribution in [0.1, 0.15) is 47.9 Å². The van der Waals surface area contributed by atoms with Crippen LogP contribution in [0.2, 0.25) is 0 Å². The highest BCUT2D eigenvalue weighted by Crippen LogP contribution is 2.29. The summed E-state index contributed by atoms with van der Waals surface area (Å²) in [6.45, 7) is 5.82. The van der Waals surface area contributed by atoms with Gasteiger partial charge in [-0.2, -0.15) is 10.1 Å². The number of nitrogens with one attached hydrogen (secondary N) is 1. The number of hydrogen-bond donors (Lipinski definition) is 1. The van der Waals surface area contributed by atoms with E-state index in [-0.39, 0.29) is 17.9 Å². The molecule has 0 radical (unpaired) electrons. The minimum atomic E-state index is -0.308. The molecule has 1 aliphatic heterocycles. The quantitative estimate of drug-likeness (QED) is 0.897. The number of hydrogen-bond acceptors (Lipinski definition) is 6. The van der Waals surface area contributed by atoms with Crippen LogP contribution in [0.15, 0.2) is 16.9 Å². The van der Waals surface area contributed by atoms with Gasteiger partial charge in [0.05, 0.1) is 11.8 Å². The predicted octanol–water partition coefficient (Wildman–Crippen LogP) is 1.49. The number of nitrogens with zero attached hydrogens (tertiary/aromatic N) is 4. The smallest absolute Gasteiger partial charge is 0.255 e. The molecule has 0 unspecified atom stereocenters. The normalized spacial score (nSPS) is 17.1. The van der Waals surface area contributed by atoms with Crippen LogP contribution in [0.3, 0.4) is 0 Å². The van der Waals surface area contributed by atoms with Gasteiger partial charge in [-0.1, -0.05) is 5.16 Å². The molecular weight excluding hydrogens is 298 g/mol. The van der Waals surface area contributed by atoms with E-state index < -0.39 is 0 Å². The van der Waals surface area contributed by atoms with Crippen molar-refractivity contribution >= 4 is 5.91 Å². The molecule has 124 valence electrons. The highest BCUT2D eigenvalue weighted by molar-refractivity contribution is 5.93. The van der Waals surface area contributed by atoms with E-state index in [1.165, 1.54) is 0 Å². The molecule has 3 rings (SSSR count). The zero-order chi connectivity index (χ0) is 16.2. The molecule has 1 aliphatic rings. The molecule has 8 heteroatoms. The summed E-state index contributed by atoms with van der Waals surface area (Å²) in [5.41, 5.74) is 0.528. The van der Waals surface area contributed by atoms with E-state index in [2.05, 4.69) is 20.6 Å². The summed E-state index contributed by atoms with van der Waals surface area (Å²) in [4.78, 5) is 16.8. The topological polar surface area (TPSA) is 95.1 Å². The SMILES string of the molecule is CCn1cc(C(=O)N[C@H](c2nc(C)no2)C2CCOCC2)cn1. The average molecular weight is 319 g/mol. The second kappa shape index (κ2) is 6.91. The Morgan fingerprint density at radius 1 is 1.48 bits per heavy atom. The van der Waals surface area contributed by atoms with Crippen LogP contribution in [-0.4, -0.2) is 39.0 Å². The van der Waals surface area contributed by atoms with E-state index in [1.807, 2.05) is 6.92 Å². The lowest BCUT2D eigenvalue weighted by atomic mass is 9.91. The van der Waals surface area contributed by atoms with Gasteiger partial charge in [0.15, 0.2) is 5.82 Å². The Morgan fingerprint density at radius 2 is 2.26 bits per heavy atom. The Hall–Kier alpha value is -2.22. The van der Waals surface area contributed by atoms with Gasteiger partial charge < -0.3 is 14.6 Å². The molecule has 0 aromatic carbocycles. The minimum absolute atomic E-state index is 0.183. The molecule has 1 fully saturated rings. The van der Waals surface area contributed by atoms with Gasteiger partial charge in [-0.3, -0.25) is 9.48 Å². The molecule has 2 aromatic rings. The summed E-state index contributed by atoms with van der Waals surface area (Å²) in [5.74, 6) is 1.04. The van der Waals surface area contributed by atoms with E-state index in [0.29, 0.717) is 30.5 Å². The maximum atomic E-state index is 12.5. The molecule has 0 bridgehead atoms. The zero-order valence-electron chi connectivity index (χ0n) is 13.4. The molecule has 8 nitrogen and oxygen atoms in total. The number of aromatic nitrogens is 4. The van der Waals surface area contributed by atoms with Crippen LogP contribution in [0, 0.1) is 12.8 Å². The summed E-state index contributed by atoms with van der Waals surface area (Å²) in [6, 6.07) is -0.308. The van der Waals surface area contributed by atoms with Gasteiger partial charge in [0.2, 0.25) is 5.89 Å². The minimum Gasteiger partial charge on any atom is -0.381 e. The highest BCUT2D eigenvalue weighted by atomic mass is 16.5. The van der Waals surface area contributed by atoms with Crippen molar-refractivity contribution in [3.8, 4) is 0 Å². The highest BCUT2D eigenvalue weighted by Gasteiger charge is 2.31. The first-order valence-electron chi connectivity index (χ1n) is 7.88. The second-order valence-electron chi connectivity index (χ2n) is 5.67. The van der Waals surface area contributed by atoms with Crippen molar-refractivity contribution in [2.75, 3.05) is 13.2 Å². The molecule has 1 amide bonds. The molecule has 1 saturated heterocycles. The van der Waals surface area contributed by atoms with Gasteiger partial charge in [-0.25, -0.2) is 0 Å². The van der Waals surface area contributed by atoms with E-state index in [9.17, 15) is 4.79 Å². The first-order valence-corrected chi connectivity index (χ1v) is 7.88. The first kappa shape index (κ1) is 15.7. The molecular formula is C15H21N5O3. The summed E-state index contributed by atoms with van der Waals surface area (Å²) in [5, 5.41) is 11.0. The van der Waals surface area contributed by atoms with Crippen LogP contribution in [0.5, 0.6) is 0 Å². The molecule has 0 saturated carbocycles. The van der Waals surface area contributed by atoms with Crippen molar-refractivity contribution < 1.29 is 14.1 Å². The molecule has 0 spiro atoms. The maximum Gasteiger partial charge on any atom is 0.255 e. The Labute approximate surface area is 134 Å². The molecule has 3 heterocycles. The van der Waals surface area contributed by atoms with Crippen molar-refractivity contribution in [2.24, 2.45) is 5.92 Å². The number of ether oxygens (including phenoxy) is 1. The number of rotatable bonds is 5. The molecule has 0 aliphatic carbocycles. The monoisotopic (exact) mass is 319 g/mol. The number of amides is 1. The van der Waals surface area contributed by atoms with Gasteiger partial charge in [0, 0.05) is 26.0 Å². The number of aryl methyl sites for hydroxylation is 2. The lowest BCUT2D eigenvalue weighted by Crippen LogP contribution is -2.36. The van der Waals surface area contributed by atoms with Gasteiger partial charge >= 0.3 is 0 Å². The van der Waals surface area contributed by atoms with Crippen molar-refractivity contribution in [3.63, 3.8) is 0 Å². The van der Waals surface area contributed by atoms with Crippen molar-refractivity contribution in [1.82, 2.24) is 25.2 Å². The fourth-order valence-corrected chi connectivity index (χ4v) is 2.75. The van der Waals surface area contributed by atoms with Crippen LogP contribution in [0.25, 0.3) is 0 Å². The summed E-state index contributed by atoms with van der Waals surface area (Å²) < 4.78 is 12.4. The third-order valence-electron chi connectivity index (χ3n) is 4.05. The zero-order valence-corrected chi connectivity index (χ0v) is 13.4. The Balaban J connectivity index is 1.78. The molecule has 23 heavy (non-hydrogen) atoms. The standard InChI is InChI=1S/C15H21N5O3/c1-3-20-9-12(8-16-20)14(21)18-13(11-4-6-22-7-5-11)15-17-10(2)19-23-15/h8-9,11,13H,3-7H2,1-2H3,(H,18,21)/t13-/m0/s1. The lowest BCUT2D eigenvalue weighted by Gasteiger charge is -2.28. The Bertz CT molecular complexity index is 660. The van der Waals surface area contributed by atoms with Crippen molar-refractivity contribution in [3.05, 3.63) is 29.7 Å². The molecule has 1 atom stereocenters.